The number of rotatable bonds is 3. The number of carbonyl (C=O) groups excluding carboxylic acids is 1. The van der Waals surface area contributed by atoms with Crippen LogP contribution in [0.15, 0.2) is 0 Å². The molecule has 0 aliphatic carbocycles. The molecule has 0 atom stereocenters. The Labute approximate surface area is 134 Å². The Bertz CT molecular complexity index is 401. The zero-order chi connectivity index (χ0) is 17.1. The van der Waals surface area contributed by atoms with Crippen molar-refractivity contribution in [2.45, 2.75) is 43.9 Å². The molecular weight excluding hydrogens is 311 g/mol. The molecule has 134 valence electrons. The van der Waals surface area contributed by atoms with Crippen LogP contribution in [0.1, 0.15) is 32.1 Å². The summed E-state index contributed by atoms with van der Waals surface area (Å²) in [7, 11) is 2.09. The number of hydrogen-bond donors (Lipinski definition) is 2. The molecule has 0 aromatic carbocycles. The van der Waals surface area contributed by atoms with Crippen molar-refractivity contribution < 1.29 is 23.1 Å². The van der Waals surface area contributed by atoms with Gasteiger partial charge in [-0.05, 0) is 45.3 Å². The monoisotopic (exact) mass is 337 g/mol. The average molecular weight is 337 g/mol. The van der Waals surface area contributed by atoms with Crippen LogP contribution in [0.5, 0.6) is 0 Å². The first kappa shape index (κ1) is 18.3. The van der Waals surface area contributed by atoms with Gasteiger partial charge in [0, 0.05) is 32.5 Å². The first-order chi connectivity index (χ1) is 10.7. The summed E-state index contributed by atoms with van der Waals surface area (Å²) in [6.07, 6.45) is -2.41. The number of likely N-dealkylation sites (tertiary alicyclic amines) is 2. The predicted octanol–water partition coefficient (Wildman–Crippen LogP) is 1.82. The van der Waals surface area contributed by atoms with Gasteiger partial charge < -0.3 is 20.2 Å². The first-order valence-corrected chi connectivity index (χ1v) is 8.22. The van der Waals surface area contributed by atoms with Crippen LogP contribution in [-0.4, -0.2) is 72.5 Å². The lowest BCUT2D eigenvalue weighted by Crippen LogP contribution is -2.55. The average Bonchev–Trinajstić information content (AvgIpc) is 2.49. The maximum Gasteiger partial charge on any atom is 0.417 e. The van der Waals surface area contributed by atoms with Gasteiger partial charge >= 0.3 is 12.2 Å². The third-order valence-corrected chi connectivity index (χ3v) is 5.07. The summed E-state index contributed by atoms with van der Waals surface area (Å²) in [5.74, 6) is 0.600. The number of carbonyl (C=O) groups is 1. The van der Waals surface area contributed by atoms with E-state index in [4.69, 9.17) is 0 Å². The molecule has 0 aromatic rings. The third-order valence-electron chi connectivity index (χ3n) is 5.07. The maximum atomic E-state index is 12.7. The molecule has 0 radical (unpaired) electrons. The molecule has 23 heavy (non-hydrogen) atoms. The highest BCUT2D eigenvalue weighted by atomic mass is 19.4. The Morgan fingerprint density at radius 2 is 1.78 bits per heavy atom. The lowest BCUT2D eigenvalue weighted by molar-refractivity contribution is -0.271. The molecule has 2 fully saturated rings. The number of aliphatic hydroxyl groups is 1. The first-order valence-electron chi connectivity index (χ1n) is 8.22. The van der Waals surface area contributed by atoms with E-state index in [0.717, 1.165) is 32.4 Å². The second kappa shape index (κ2) is 7.25. The van der Waals surface area contributed by atoms with Crippen LogP contribution in [-0.2, 0) is 0 Å². The Morgan fingerprint density at radius 3 is 2.30 bits per heavy atom. The van der Waals surface area contributed by atoms with Crippen molar-refractivity contribution in [2.75, 3.05) is 39.8 Å². The van der Waals surface area contributed by atoms with E-state index in [1.807, 2.05) is 0 Å². The minimum absolute atomic E-state index is 0.0733. The van der Waals surface area contributed by atoms with E-state index < -0.39 is 24.6 Å². The van der Waals surface area contributed by atoms with Crippen molar-refractivity contribution in [3.05, 3.63) is 0 Å². The van der Waals surface area contributed by atoms with Crippen LogP contribution in [0.2, 0.25) is 0 Å². The summed E-state index contributed by atoms with van der Waals surface area (Å²) >= 11 is 0. The largest absolute Gasteiger partial charge is 0.417 e. The van der Waals surface area contributed by atoms with Gasteiger partial charge in [0.2, 0.25) is 0 Å². The number of amides is 2. The Hall–Kier alpha value is -1.02. The normalized spacial score (nSPS) is 23.8. The van der Waals surface area contributed by atoms with Gasteiger partial charge in [-0.2, -0.15) is 13.2 Å². The summed E-state index contributed by atoms with van der Waals surface area (Å²) in [4.78, 5) is 15.6. The van der Waals surface area contributed by atoms with Crippen LogP contribution in [0.4, 0.5) is 18.0 Å². The smallest absolute Gasteiger partial charge is 0.380 e. The summed E-state index contributed by atoms with van der Waals surface area (Å²) in [5.41, 5.74) is -2.65. The van der Waals surface area contributed by atoms with E-state index >= 15 is 0 Å². The molecule has 2 N–H and O–H groups in total. The van der Waals surface area contributed by atoms with E-state index in [9.17, 15) is 23.1 Å². The highest BCUT2D eigenvalue weighted by molar-refractivity contribution is 5.74. The Morgan fingerprint density at radius 1 is 1.22 bits per heavy atom. The van der Waals surface area contributed by atoms with Crippen LogP contribution >= 0.6 is 0 Å². The summed E-state index contributed by atoms with van der Waals surface area (Å²) in [5, 5.41) is 12.4. The summed E-state index contributed by atoms with van der Waals surface area (Å²) in [6, 6.07) is -0.331. The molecule has 0 unspecified atom stereocenters. The zero-order valence-electron chi connectivity index (χ0n) is 13.5. The SMILES string of the molecule is CN1CCC(CCNC(=O)N2CCC(O)(C(F)(F)F)CC2)CC1. The van der Waals surface area contributed by atoms with Crippen LogP contribution in [0.25, 0.3) is 0 Å². The van der Waals surface area contributed by atoms with Crippen LogP contribution in [0.3, 0.4) is 0 Å². The van der Waals surface area contributed by atoms with Crippen molar-refractivity contribution in [1.82, 2.24) is 15.1 Å². The lowest BCUT2D eigenvalue weighted by Gasteiger charge is -2.39. The number of hydrogen-bond acceptors (Lipinski definition) is 3. The molecule has 2 saturated heterocycles. The number of nitrogens with one attached hydrogen (secondary N) is 1. The van der Waals surface area contributed by atoms with E-state index in [0.29, 0.717) is 12.5 Å². The molecule has 2 amide bonds. The molecular formula is C15H26F3N3O2. The van der Waals surface area contributed by atoms with E-state index in [1.165, 1.54) is 4.90 Å². The predicted molar refractivity (Wildman–Crippen MR) is 80.0 cm³/mol. The second-order valence-corrected chi connectivity index (χ2v) is 6.78. The van der Waals surface area contributed by atoms with E-state index in [1.54, 1.807) is 0 Å². The number of nitrogens with zero attached hydrogens (tertiary/aromatic N) is 2. The van der Waals surface area contributed by atoms with Crippen molar-refractivity contribution in [3.8, 4) is 0 Å². The summed E-state index contributed by atoms with van der Waals surface area (Å²) in [6.45, 7) is 2.54. The molecule has 2 aliphatic rings. The summed E-state index contributed by atoms with van der Waals surface area (Å²) < 4.78 is 38.2. The number of urea groups is 1. The minimum Gasteiger partial charge on any atom is -0.380 e. The number of halogens is 3. The van der Waals surface area contributed by atoms with E-state index in [-0.39, 0.29) is 19.1 Å². The Balaban J connectivity index is 1.67. The van der Waals surface area contributed by atoms with Gasteiger partial charge in [0.15, 0.2) is 5.60 Å². The fourth-order valence-corrected chi connectivity index (χ4v) is 3.21. The van der Waals surface area contributed by atoms with Gasteiger partial charge in [-0.25, -0.2) is 4.79 Å². The molecule has 8 heteroatoms. The highest BCUT2D eigenvalue weighted by Gasteiger charge is 2.54. The Kier molecular flexibility index (Phi) is 5.78. The zero-order valence-corrected chi connectivity index (χ0v) is 13.5. The molecule has 0 aromatic heterocycles. The molecule has 2 rings (SSSR count). The van der Waals surface area contributed by atoms with Crippen molar-refractivity contribution in [2.24, 2.45) is 5.92 Å². The molecule has 0 saturated carbocycles. The van der Waals surface area contributed by atoms with Gasteiger partial charge in [-0.3, -0.25) is 0 Å². The van der Waals surface area contributed by atoms with Crippen molar-refractivity contribution in [1.29, 1.82) is 0 Å². The third kappa shape index (κ3) is 4.73. The number of alkyl halides is 3. The fourth-order valence-electron chi connectivity index (χ4n) is 3.21. The van der Waals surface area contributed by atoms with Gasteiger partial charge in [0.1, 0.15) is 0 Å². The molecule has 2 aliphatic heterocycles. The van der Waals surface area contributed by atoms with Gasteiger partial charge in [0.25, 0.3) is 0 Å². The maximum absolute atomic E-state index is 12.7. The van der Waals surface area contributed by atoms with Crippen LogP contribution < -0.4 is 5.32 Å². The van der Waals surface area contributed by atoms with Gasteiger partial charge in [-0.1, -0.05) is 0 Å². The second-order valence-electron chi connectivity index (χ2n) is 6.78. The minimum atomic E-state index is -4.64. The van der Waals surface area contributed by atoms with Crippen molar-refractivity contribution in [3.63, 3.8) is 0 Å². The molecule has 0 bridgehead atoms. The number of piperidine rings is 2. The standard InChI is InChI=1S/C15H26F3N3O2/c1-20-8-3-12(4-9-20)2-7-19-13(22)21-10-5-14(23,6-11-21)15(16,17)18/h12,23H,2-11H2,1H3,(H,19,22). The lowest BCUT2D eigenvalue weighted by atomic mass is 9.91. The van der Waals surface area contributed by atoms with Crippen LogP contribution in [0, 0.1) is 5.92 Å². The van der Waals surface area contributed by atoms with E-state index in [2.05, 4.69) is 17.3 Å². The molecule has 0 spiro atoms. The van der Waals surface area contributed by atoms with Gasteiger partial charge in [0.05, 0.1) is 0 Å². The van der Waals surface area contributed by atoms with Gasteiger partial charge in [-0.15, -0.1) is 0 Å². The highest BCUT2D eigenvalue weighted by Crippen LogP contribution is 2.38. The van der Waals surface area contributed by atoms with Crippen molar-refractivity contribution >= 4 is 6.03 Å². The molecule has 5 nitrogen and oxygen atoms in total. The topological polar surface area (TPSA) is 55.8 Å². The quantitative estimate of drug-likeness (QED) is 0.826. The molecule has 2 heterocycles. The fraction of sp³-hybridized carbons (Fsp3) is 0.933.